The monoisotopic (exact) mass is 564 g/mol. The van der Waals surface area contributed by atoms with Crippen LogP contribution >= 0.6 is 0 Å². The first-order valence-corrected chi connectivity index (χ1v) is 13.7. The standard InChI is InChI=1S/C30H31F3N6O2/c1-2-41-28-24(4-3-12-36-28)25-7-5-23(19-37-25)29(38-27(40)20-9-13-35-18-20)10-14-39(15-11-29)26-8-6-22(30(31,32)33)16-21(26)17-34/h3-8,12,16,19-20,35H,2,9-11,13-15,18H2,1H3,(H,38,40)/t20-/m0/s1. The molecule has 2 N–H and O–H groups in total. The van der Waals surface area contributed by atoms with E-state index in [2.05, 4.69) is 15.6 Å². The number of aromatic nitrogens is 2. The second-order valence-electron chi connectivity index (χ2n) is 10.3. The molecule has 2 aromatic heterocycles. The van der Waals surface area contributed by atoms with Gasteiger partial charge < -0.3 is 20.3 Å². The molecule has 2 saturated heterocycles. The van der Waals surface area contributed by atoms with Crippen LogP contribution in [0.25, 0.3) is 11.3 Å². The lowest BCUT2D eigenvalue weighted by Gasteiger charge is -2.44. The molecule has 4 heterocycles. The van der Waals surface area contributed by atoms with Crippen molar-refractivity contribution in [1.82, 2.24) is 20.6 Å². The summed E-state index contributed by atoms with van der Waals surface area (Å²) in [6, 6.07) is 12.7. The molecule has 1 amide bonds. The molecule has 214 valence electrons. The van der Waals surface area contributed by atoms with Gasteiger partial charge in [0.1, 0.15) is 6.07 Å². The van der Waals surface area contributed by atoms with Gasteiger partial charge in [-0.05, 0) is 74.7 Å². The predicted octanol–water partition coefficient (Wildman–Crippen LogP) is 4.65. The summed E-state index contributed by atoms with van der Waals surface area (Å²) < 4.78 is 45.4. The molecule has 0 radical (unpaired) electrons. The fraction of sp³-hybridized carbons (Fsp3) is 0.400. The van der Waals surface area contributed by atoms with Crippen LogP contribution in [0.2, 0.25) is 0 Å². The normalized spacial score (nSPS) is 18.5. The fourth-order valence-corrected chi connectivity index (χ4v) is 5.58. The molecule has 1 aromatic carbocycles. The number of benzene rings is 1. The summed E-state index contributed by atoms with van der Waals surface area (Å²) in [6.45, 7) is 4.62. The van der Waals surface area contributed by atoms with Crippen LogP contribution in [-0.4, -0.2) is 48.7 Å². The highest BCUT2D eigenvalue weighted by molar-refractivity contribution is 5.80. The molecule has 2 aliphatic heterocycles. The molecule has 0 unspecified atom stereocenters. The molecule has 3 aromatic rings. The first-order chi connectivity index (χ1) is 19.7. The Balaban J connectivity index is 1.43. The molecule has 41 heavy (non-hydrogen) atoms. The Bertz CT molecular complexity index is 1420. The number of pyridine rings is 2. The number of piperidine rings is 1. The van der Waals surface area contributed by atoms with Crippen molar-refractivity contribution < 1.29 is 22.7 Å². The molecule has 2 aliphatic rings. The highest BCUT2D eigenvalue weighted by atomic mass is 19.4. The van der Waals surface area contributed by atoms with E-state index in [9.17, 15) is 23.2 Å². The van der Waals surface area contributed by atoms with E-state index in [1.54, 1.807) is 12.4 Å². The van der Waals surface area contributed by atoms with Gasteiger partial charge >= 0.3 is 6.18 Å². The minimum Gasteiger partial charge on any atom is -0.477 e. The molecule has 0 spiro atoms. The van der Waals surface area contributed by atoms with E-state index in [0.29, 0.717) is 56.3 Å². The molecular formula is C30H31F3N6O2. The van der Waals surface area contributed by atoms with Crippen LogP contribution in [0.4, 0.5) is 18.9 Å². The summed E-state index contributed by atoms with van der Waals surface area (Å²) in [5.74, 6) is 0.317. The van der Waals surface area contributed by atoms with E-state index >= 15 is 0 Å². The molecule has 2 fully saturated rings. The van der Waals surface area contributed by atoms with Crippen molar-refractivity contribution in [2.24, 2.45) is 5.92 Å². The van der Waals surface area contributed by atoms with E-state index in [-0.39, 0.29) is 17.4 Å². The molecule has 0 aliphatic carbocycles. The van der Waals surface area contributed by atoms with Gasteiger partial charge in [-0.1, -0.05) is 6.07 Å². The van der Waals surface area contributed by atoms with Gasteiger partial charge in [0, 0.05) is 32.0 Å². The number of alkyl halides is 3. The predicted molar refractivity (Wildman–Crippen MR) is 147 cm³/mol. The molecular weight excluding hydrogens is 533 g/mol. The van der Waals surface area contributed by atoms with Crippen molar-refractivity contribution in [3.05, 3.63) is 71.5 Å². The summed E-state index contributed by atoms with van der Waals surface area (Å²) in [7, 11) is 0. The number of halogens is 3. The Kier molecular flexibility index (Phi) is 8.13. The van der Waals surface area contributed by atoms with E-state index in [1.807, 2.05) is 42.2 Å². The third-order valence-corrected chi connectivity index (χ3v) is 7.84. The first-order valence-electron chi connectivity index (χ1n) is 13.7. The minimum absolute atomic E-state index is 0.0269. The average Bonchev–Trinajstić information content (AvgIpc) is 3.53. The molecule has 1 atom stereocenters. The number of nitrogens with zero attached hydrogens (tertiary/aromatic N) is 4. The summed E-state index contributed by atoms with van der Waals surface area (Å²) in [4.78, 5) is 24.2. The number of carbonyl (C=O) groups is 1. The van der Waals surface area contributed by atoms with Gasteiger partial charge in [-0.15, -0.1) is 0 Å². The maximum absolute atomic E-state index is 13.3. The number of carbonyl (C=O) groups excluding carboxylic acids is 1. The van der Waals surface area contributed by atoms with Crippen LogP contribution in [-0.2, 0) is 16.5 Å². The summed E-state index contributed by atoms with van der Waals surface area (Å²) in [5.41, 5.74) is 1.14. The van der Waals surface area contributed by atoms with Crippen LogP contribution in [0, 0.1) is 17.2 Å². The molecule has 11 heteroatoms. The van der Waals surface area contributed by atoms with Gasteiger partial charge in [0.25, 0.3) is 0 Å². The number of amides is 1. The van der Waals surface area contributed by atoms with E-state index in [1.165, 1.54) is 6.07 Å². The van der Waals surface area contributed by atoms with Crippen molar-refractivity contribution >= 4 is 11.6 Å². The van der Waals surface area contributed by atoms with Crippen LogP contribution in [0.5, 0.6) is 5.88 Å². The number of nitriles is 1. The largest absolute Gasteiger partial charge is 0.477 e. The second-order valence-corrected chi connectivity index (χ2v) is 10.3. The molecule has 5 rings (SSSR count). The number of hydrogen-bond acceptors (Lipinski definition) is 7. The van der Waals surface area contributed by atoms with E-state index < -0.39 is 17.3 Å². The Morgan fingerprint density at radius 3 is 2.66 bits per heavy atom. The van der Waals surface area contributed by atoms with Gasteiger partial charge in [0.2, 0.25) is 11.8 Å². The van der Waals surface area contributed by atoms with Crippen molar-refractivity contribution in [2.75, 3.05) is 37.7 Å². The Morgan fingerprint density at radius 1 is 1.22 bits per heavy atom. The molecule has 0 bridgehead atoms. The Labute approximate surface area is 236 Å². The first kappa shape index (κ1) is 28.4. The lowest BCUT2D eigenvalue weighted by Crippen LogP contribution is -2.54. The molecule has 8 nitrogen and oxygen atoms in total. The Morgan fingerprint density at radius 2 is 2.02 bits per heavy atom. The fourth-order valence-electron chi connectivity index (χ4n) is 5.58. The van der Waals surface area contributed by atoms with Crippen molar-refractivity contribution in [2.45, 2.75) is 37.9 Å². The lowest BCUT2D eigenvalue weighted by molar-refractivity contribution is -0.137. The van der Waals surface area contributed by atoms with Crippen molar-refractivity contribution in [1.29, 1.82) is 5.26 Å². The van der Waals surface area contributed by atoms with E-state index in [4.69, 9.17) is 9.72 Å². The van der Waals surface area contributed by atoms with Crippen molar-refractivity contribution in [3.63, 3.8) is 0 Å². The highest BCUT2D eigenvalue weighted by Crippen LogP contribution is 2.38. The number of anilines is 1. The lowest BCUT2D eigenvalue weighted by atomic mass is 9.80. The van der Waals surface area contributed by atoms with Crippen LogP contribution in [0.15, 0.2) is 54.9 Å². The summed E-state index contributed by atoms with van der Waals surface area (Å²) in [5, 5.41) is 16.1. The zero-order valence-corrected chi connectivity index (χ0v) is 22.7. The third kappa shape index (κ3) is 5.98. The maximum Gasteiger partial charge on any atom is 0.416 e. The zero-order valence-electron chi connectivity index (χ0n) is 22.7. The Hall–Kier alpha value is -4.17. The smallest absolute Gasteiger partial charge is 0.416 e. The number of hydrogen-bond donors (Lipinski definition) is 2. The minimum atomic E-state index is -4.53. The number of ether oxygens (including phenoxy) is 1. The van der Waals surface area contributed by atoms with Crippen molar-refractivity contribution in [3.8, 4) is 23.2 Å². The van der Waals surface area contributed by atoms with Gasteiger partial charge in [-0.3, -0.25) is 9.78 Å². The second kappa shape index (κ2) is 11.7. The van der Waals surface area contributed by atoms with Gasteiger partial charge in [0.15, 0.2) is 0 Å². The van der Waals surface area contributed by atoms with Crippen LogP contribution in [0.1, 0.15) is 42.9 Å². The van der Waals surface area contributed by atoms with Crippen LogP contribution in [0.3, 0.4) is 0 Å². The van der Waals surface area contributed by atoms with Gasteiger partial charge in [-0.2, -0.15) is 18.4 Å². The summed E-state index contributed by atoms with van der Waals surface area (Å²) >= 11 is 0. The quantitative estimate of drug-likeness (QED) is 0.431. The third-order valence-electron chi connectivity index (χ3n) is 7.84. The summed E-state index contributed by atoms with van der Waals surface area (Å²) in [6.07, 6.45) is 0.626. The topological polar surface area (TPSA) is 103 Å². The number of nitrogens with one attached hydrogen (secondary N) is 2. The molecule has 0 saturated carbocycles. The maximum atomic E-state index is 13.3. The van der Waals surface area contributed by atoms with E-state index in [0.717, 1.165) is 36.2 Å². The SMILES string of the molecule is CCOc1ncccc1-c1ccc(C2(NC(=O)[C@H]3CCNC3)CCN(c3ccc(C(F)(F)F)cc3C#N)CC2)cn1. The number of rotatable bonds is 7. The average molecular weight is 565 g/mol. The van der Waals surface area contributed by atoms with Gasteiger partial charge in [0.05, 0.1) is 46.1 Å². The highest BCUT2D eigenvalue weighted by Gasteiger charge is 2.40. The zero-order chi connectivity index (χ0) is 29.0. The van der Waals surface area contributed by atoms with Gasteiger partial charge in [-0.25, -0.2) is 4.98 Å². The van der Waals surface area contributed by atoms with Crippen LogP contribution < -0.4 is 20.3 Å².